The summed E-state index contributed by atoms with van der Waals surface area (Å²) in [5, 5.41) is 11.9. The molecule has 0 bridgehead atoms. The first kappa shape index (κ1) is 15.0. The first-order valence-corrected chi connectivity index (χ1v) is 7.92. The van der Waals surface area contributed by atoms with Crippen molar-refractivity contribution in [1.82, 2.24) is 4.98 Å². The van der Waals surface area contributed by atoms with E-state index in [-0.39, 0.29) is 0 Å². The summed E-state index contributed by atoms with van der Waals surface area (Å²) in [5.74, 6) is 1.31. The molecule has 0 aliphatic carbocycles. The Labute approximate surface area is 113 Å². The Morgan fingerprint density at radius 1 is 1.29 bits per heavy atom. The van der Waals surface area contributed by atoms with Crippen LogP contribution in [0.15, 0.2) is 0 Å². The van der Waals surface area contributed by atoms with Crippen LogP contribution in [0, 0.1) is 0 Å². The lowest BCUT2D eigenvalue weighted by Crippen LogP contribution is -2.16. The zero-order valence-electron chi connectivity index (χ0n) is 11.6. The van der Waals surface area contributed by atoms with E-state index >= 15 is 0 Å². The summed E-state index contributed by atoms with van der Waals surface area (Å²) in [6.45, 7) is 12.3. The monoisotopic (exact) mass is 273 g/mol. The molecule has 0 aliphatic heterocycles. The van der Waals surface area contributed by atoms with Crippen LogP contribution in [0.3, 0.4) is 0 Å². The zero-order valence-corrected chi connectivity index (χ0v) is 13.2. The SMILES string of the molecule is CC(C)SCc1nc(C(C)C)c(C(C)(C)O)s1. The molecule has 17 heavy (non-hydrogen) atoms. The van der Waals surface area contributed by atoms with Gasteiger partial charge in [0.2, 0.25) is 0 Å². The van der Waals surface area contributed by atoms with Crippen LogP contribution in [0.1, 0.15) is 63.0 Å². The topological polar surface area (TPSA) is 33.1 Å². The van der Waals surface area contributed by atoms with E-state index in [0.717, 1.165) is 21.3 Å². The van der Waals surface area contributed by atoms with E-state index in [1.165, 1.54) is 0 Å². The van der Waals surface area contributed by atoms with E-state index in [4.69, 9.17) is 0 Å². The minimum Gasteiger partial charge on any atom is -0.385 e. The number of nitrogens with zero attached hydrogens (tertiary/aromatic N) is 1. The molecule has 4 heteroatoms. The fourth-order valence-corrected chi connectivity index (χ4v) is 3.50. The highest BCUT2D eigenvalue weighted by Crippen LogP contribution is 2.35. The van der Waals surface area contributed by atoms with Crippen molar-refractivity contribution in [2.24, 2.45) is 0 Å². The van der Waals surface area contributed by atoms with Crippen LogP contribution >= 0.6 is 23.1 Å². The molecular weight excluding hydrogens is 250 g/mol. The van der Waals surface area contributed by atoms with Crippen molar-refractivity contribution in [3.05, 3.63) is 15.6 Å². The molecule has 1 heterocycles. The van der Waals surface area contributed by atoms with Crippen molar-refractivity contribution in [2.75, 3.05) is 0 Å². The minimum absolute atomic E-state index is 0.366. The molecule has 0 atom stereocenters. The van der Waals surface area contributed by atoms with E-state index in [2.05, 4.69) is 32.7 Å². The Balaban J connectivity index is 2.96. The molecule has 1 aromatic heterocycles. The summed E-state index contributed by atoms with van der Waals surface area (Å²) in [7, 11) is 0. The molecular formula is C13H23NOS2. The van der Waals surface area contributed by atoms with Crippen LogP contribution in [0.4, 0.5) is 0 Å². The summed E-state index contributed by atoms with van der Waals surface area (Å²) in [4.78, 5) is 5.71. The van der Waals surface area contributed by atoms with Crippen LogP contribution in [-0.4, -0.2) is 15.3 Å². The van der Waals surface area contributed by atoms with Crippen LogP contribution in [0.25, 0.3) is 0 Å². The predicted molar refractivity (Wildman–Crippen MR) is 77.9 cm³/mol. The molecule has 0 spiro atoms. The lowest BCUT2D eigenvalue weighted by atomic mass is 10.0. The molecule has 0 aliphatic rings. The van der Waals surface area contributed by atoms with Gasteiger partial charge in [-0.2, -0.15) is 11.8 Å². The van der Waals surface area contributed by atoms with Crippen molar-refractivity contribution >= 4 is 23.1 Å². The van der Waals surface area contributed by atoms with Gasteiger partial charge in [-0.1, -0.05) is 27.7 Å². The molecule has 1 N–H and O–H groups in total. The molecule has 0 radical (unpaired) electrons. The quantitative estimate of drug-likeness (QED) is 0.875. The highest BCUT2D eigenvalue weighted by Gasteiger charge is 2.26. The van der Waals surface area contributed by atoms with Crippen molar-refractivity contribution in [1.29, 1.82) is 0 Å². The van der Waals surface area contributed by atoms with Gasteiger partial charge in [0.25, 0.3) is 0 Å². The third-order valence-corrected chi connectivity index (χ3v) is 5.01. The fourth-order valence-electron chi connectivity index (χ4n) is 1.51. The van der Waals surface area contributed by atoms with Gasteiger partial charge in [-0.25, -0.2) is 4.98 Å². The normalized spacial score (nSPS) is 12.8. The van der Waals surface area contributed by atoms with Crippen LogP contribution in [0.2, 0.25) is 0 Å². The van der Waals surface area contributed by atoms with E-state index in [9.17, 15) is 5.11 Å². The first-order valence-electron chi connectivity index (χ1n) is 6.06. The van der Waals surface area contributed by atoms with Gasteiger partial charge in [-0.05, 0) is 25.0 Å². The summed E-state index contributed by atoms with van der Waals surface area (Å²) >= 11 is 3.55. The largest absolute Gasteiger partial charge is 0.385 e. The third-order valence-electron chi connectivity index (χ3n) is 2.34. The number of hydrogen-bond acceptors (Lipinski definition) is 4. The van der Waals surface area contributed by atoms with Crippen molar-refractivity contribution in [3.63, 3.8) is 0 Å². The highest BCUT2D eigenvalue weighted by atomic mass is 32.2. The maximum absolute atomic E-state index is 10.2. The maximum atomic E-state index is 10.2. The maximum Gasteiger partial charge on any atom is 0.103 e. The van der Waals surface area contributed by atoms with Crippen LogP contribution < -0.4 is 0 Å². The average molecular weight is 273 g/mol. The number of thiazole rings is 1. The second-order valence-electron chi connectivity index (χ2n) is 5.40. The van der Waals surface area contributed by atoms with Gasteiger partial charge in [0.15, 0.2) is 0 Å². The summed E-state index contributed by atoms with van der Waals surface area (Å²) in [5.41, 5.74) is 0.278. The molecule has 0 saturated heterocycles. The van der Waals surface area contributed by atoms with Gasteiger partial charge in [0.05, 0.1) is 16.2 Å². The van der Waals surface area contributed by atoms with E-state index in [1.807, 2.05) is 25.6 Å². The second-order valence-corrected chi connectivity index (χ2v) is 8.04. The molecule has 0 amide bonds. The minimum atomic E-state index is -0.780. The zero-order chi connectivity index (χ0) is 13.2. The second kappa shape index (κ2) is 5.72. The molecule has 0 saturated carbocycles. The average Bonchev–Trinajstić information content (AvgIpc) is 2.57. The highest BCUT2D eigenvalue weighted by molar-refractivity contribution is 7.99. The Kier molecular flexibility index (Phi) is 5.05. The van der Waals surface area contributed by atoms with Crippen molar-refractivity contribution in [3.8, 4) is 0 Å². The van der Waals surface area contributed by atoms with Gasteiger partial charge in [-0.3, -0.25) is 0 Å². The molecule has 0 fully saturated rings. The molecule has 0 aromatic carbocycles. The summed E-state index contributed by atoms with van der Waals surface area (Å²) in [6, 6.07) is 0. The lowest BCUT2D eigenvalue weighted by molar-refractivity contribution is 0.0811. The fraction of sp³-hybridized carbons (Fsp3) is 0.769. The molecule has 2 nitrogen and oxygen atoms in total. The Hall–Kier alpha value is -0.0600. The van der Waals surface area contributed by atoms with Gasteiger partial charge < -0.3 is 5.11 Å². The third kappa shape index (κ3) is 4.27. The van der Waals surface area contributed by atoms with E-state index in [1.54, 1.807) is 11.3 Å². The van der Waals surface area contributed by atoms with E-state index < -0.39 is 5.60 Å². The van der Waals surface area contributed by atoms with Crippen LogP contribution in [-0.2, 0) is 11.4 Å². The van der Waals surface area contributed by atoms with Gasteiger partial charge in [-0.15, -0.1) is 11.3 Å². The van der Waals surface area contributed by atoms with Crippen molar-refractivity contribution in [2.45, 2.75) is 64.1 Å². The van der Waals surface area contributed by atoms with Crippen LogP contribution in [0.5, 0.6) is 0 Å². The lowest BCUT2D eigenvalue weighted by Gasteiger charge is -2.17. The Bertz CT molecular complexity index is 364. The van der Waals surface area contributed by atoms with Gasteiger partial charge >= 0.3 is 0 Å². The number of hydrogen-bond donors (Lipinski definition) is 1. The molecule has 98 valence electrons. The van der Waals surface area contributed by atoms with Gasteiger partial charge in [0, 0.05) is 5.75 Å². The number of aromatic nitrogens is 1. The molecule has 1 aromatic rings. The number of rotatable bonds is 5. The Morgan fingerprint density at radius 2 is 1.88 bits per heavy atom. The molecule has 0 unspecified atom stereocenters. The Morgan fingerprint density at radius 3 is 2.24 bits per heavy atom. The summed E-state index contributed by atoms with van der Waals surface area (Å²) in [6.07, 6.45) is 0. The number of aliphatic hydroxyl groups is 1. The standard InChI is InChI=1S/C13H23NOS2/c1-8(2)11-12(13(5,6)15)17-10(14-11)7-16-9(3)4/h8-9,15H,7H2,1-6H3. The number of thioether (sulfide) groups is 1. The smallest absolute Gasteiger partial charge is 0.103 e. The molecule has 1 rings (SSSR count). The first-order chi connectivity index (χ1) is 7.71. The predicted octanol–water partition coefficient (Wildman–Crippen LogP) is 4.14. The van der Waals surface area contributed by atoms with E-state index in [0.29, 0.717) is 11.2 Å². The van der Waals surface area contributed by atoms with Crippen molar-refractivity contribution < 1.29 is 5.11 Å². The summed E-state index contributed by atoms with van der Waals surface area (Å²) < 4.78 is 0. The van der Waals surface area contributed by atoms with Gasteiger partial charge in [0.1, 0.15) is 5.01 Å².